The summed E-state index contributed by atoms with van der Waals surface area (Å²) in [6, 6.07) is 10.0. The fraction of sp³-hybridized carbons (Fsp3) is 0.286. The van der Waals surface area contributed by atoms with Crippen molar-refractivity contribution < 1.29 is 23.2 Å². The Morgan fingerprint density at radius 1 is 1.14 bits per heavy atom. The van der Waals surface area contributed by atoms with Crippen molar-refractivity contribution >= 4 is 11.7 Å². The Morgan fingerprint density at radius 2 is 1.90 bits per heavy atom. The van der Waals surface area contributed by atoms with Crippen LogP contribution < -0.4 is 4.90 Å². The number of ether oxygens (including phenoxy) is 2. The maximum Gasteiger partial charge on any atom is 0.340 e. The predicted molar refractivity (Wildman–Crippen MR) is 104 cm³/mol. The van der Waals surface area contributed by atoms with Gasteiger partial charge < -0.3 is 18.9 Å². The molecule has 0 saturated carbocycles. The van der Waals surface area contributed by atoms with Crippen molar-refractivity contribution in [1.29, 1.82) is 0 Å². The highest BCUT2D eigenvalue weighted by molar-refractivity contribution is 5.90. The maximum atomic E-state index is 14.2. The minimum atomic E-state index is -0.737. The highest BCUT2D eigenvalue weighted by Crippen LogP contribution is 2.28. The van der Waals surface area contributed by atoms with Gasteiger partial charge in [-0.25, -0.2) is 9.18 Å². The average molecular weight is 397 g/mol. The summed E-state index contributed by atoms with van der Waals surface area (Å²) in [5.41, 5.74) is 3.29. The Balaban J connectivity index is 1.58. The molecule has 2 heterocycles. The monoisotopic (exact) mass is 397 g/mol. The second-order valence-corrected chi connectivity index (χ2v) is 6.71. The van der Waals surface area contributed by atoms with E-state index in [2.05, 4.69) is 19.8 Å². The first-order valence-corrected chi connectivity index (χ1v) is 9.22. The van der Waals surface area contributed by atoms with Gasteiger partial charge in [0.1, 0.15) is 5.82 Å². The Hall–Kier alpha value is -3.26. The molecular weight excluding hydrogens is 377 g/mol. The number of aromatic nitrogens is 2. The number of halogens is 1. The predicted octanol–water partition coefficient (Wildman–Crippen LogP) is 3.47. The number of methoxy groups -OCH3 is 1. The SMILES string of the molecule is COC(=O)c1ccc(-c2noc(-c3ccc(N4CCOCC4)c(C)c3)n2)cc1F. The molecule has 2 aromatic carbocycles. The van der Waals surface area contributed by atoms with Crippen LogP contribution in [0.5, 0.6) is 0 Å². The summed E-state index contributed by atoms with van der Waals surface area (Å²) < 4.78 is 29.5. The molecule has 7 nitrogen and oxygen atoms in total. The van der Waals surface area contributed by atoms with E-state index >= 15 is 0 Å². The minimum absolute atomic E-state index is 0.144. The van der Waals surface area contributed by atoms with Crippen molar-refractivity contribution in [2.75, 3.05) is 38.3 Å². The average Bonchev–Trinajstić information content (AvgIpc) is 3.24. The van der Waals surface area contributed by atoms with E-state index in [1.165, 1.54) is 19.2 Å². The first-order chi connectivity index (χ1) is 14.1. The highest BCUT2D eigenvalue weighted by atomic mass is 19.1. The molecule has 0 bridgehead atoms. The number of benzene rings is 2. The molecule has 0 atom stereocenters. The third kappa shape index (κ3) is 3.84. The summed E-state index contributed by atoms with van der Waals surface area (Å²) in [7, 11) is 1.20. The fourth-order valence-corrected chi connectivity index (χ4v) is 3.34. The second kappa shape index (κ2) is 8.00. The van der Waals surface area contributed by atoms with Crippen LogP contribution >= 0.6 is 0 Å². The molecule has 1 saturated heterocycles. The maximum absolute atomic E-state index is 14.2. The Morgan fingerprint density at radius 3 is 2.59 bits per heavy atom. The van der Waals surface area contributed by atoms with Gasteiger partial charge in [0.25, 0.3) is 5.89 Å². The van der Waals surface area contributed by atoms with Gasteiger partial charge in [-0.3, -0.25) is 0 Å². The smallest absolute Gasteiger partial charge is 0.340 e. The lowest BCUT2D eigenvalue weighted by Gasteiger charge is -2.30. The van der Waals surface area contributed by atoms with Crippen LogP contribution in [0.4, 0.5) is 10.1 Å². The molecule has 0 amide bonds. The lowest BCUT2D eigenvalue weighted by Crippen LogP contribution is -2.36. The molecule has 4 rings (SSSR count). The van der Waals surface area contributed by atoms with Gasteiger partial charge >= 0.3 is 5.97 Å². The molecule has 3 aromatic rings. The van der Waals surface area contributed by atoms with E-state index in [-0.39, 0.29) is 11.4 Å². The van der Waals surface area contributed by atoms with E-state index in [0.29, 0.717) is 11.5 Å². The molecule has 0 aliphatic carbocycles. The summed E-state index contributed by atoms with van der Waals surface area (Å²) in [5.74, 6) is -0.857. The normalized spacial score (nSPS) is 14.1. The minimum Gasteiger partial charge on any atom is -0.465 e. The quantitative estimate of drug-likeness (QED) is 0.624. The van der Waals surface area contributed by atoms with Gasteiger partial charge in [0.2, 0.25) is 5.82 Å². The largest absolute Gasteiger partial charge is 0.465 e. The molecule has 1 fully saturated rings. The van der Waals surface area contributed by atoms with Crippen LogP contribution in [0.25, 0.3) is 22.8 Å². The molecule has 1 aliphatic rings. The topological polar surface area (TPSA) is 77.7 Å². The number of rotatable bonds is 4. The van der Waals surface area contributed by atoms with Gasteiger partial charge in [-0.1, -0.05) is 5.16 Å². The third-order valence-electron chi connectivity index (χ3n) is 4.85. The van der Waals surface area contributed by atoms with Gasteiger partial charge in [-0.05, 0) is 48.9 Å². The zero-order chi connectivity index (χ0) is 20.4. The van der Waals surface area contributed by atoms with E-state index in [0.717, 1.165) is 43.1 Å². The van der Waals surface area contributed by atoms with Crippen molar-refractivity contribution in [3.05, 3.63) is 53.3 Å². The second-order valence-electron chi connectivity index (χ2n) is 6.71. The van der Waals surface area contributed by atoms with Crippen LogP contribution in [0.15, 0.2) is 40.9 Å². The van der Waals surface area contributed by atoms with E-state index in [1.54, 1.807) is 6.07 Å². The molecule has 8 heteroatoms. The van der Waals surface area contributed by atoms with Crippen LogP contribution in [-0.4, -0.2) is 49.5 Å². The molecular formula is C21H20FN3O4. The van der Waals surface area contributed by atoms with Gasteiger partial charge in [0.15, 0.2) is 0 Å². The van der Waals surface area contributed by atoms with Crippen LogP contribution in [0.2, 0.25) is 0 Å². The number of morpholine rings is 1. The molecule has 1 aromatic heterocycles. The lowest BCUT2D eigenvalue weighted by molar-refractivity contribution is 0.0595. The van der Waals surface area contributed by atoms with Crippen LogP contribution in [0.3, 0.4) is 0 Å². The lowest BCUT2D eigenvalue weighted by atomic mass is 10.1. The van der Waals surface area contributed by atoms with Crippen LogP contribution in [0.1, 0.15) is 15.9 Å². The summed E-state index contributed by atoms with van der Waals surface area (Å²) in [4.78, 5) is 18.2. The number of anilines is 1. The van der Waals surface area contributed by atoms with Crippen LogP contribution in [0, 0.1) is 12.7 Å². The zero-order valence-corrected chi connectivity index (χ0v) is 16.1. The summed E-state index contributed by atoms with van der Waals surface area (Å²) >= 11 is 0. The van der Waals surface area contributed by atoms with E-state index in [9.17, 15) is 9.18 Å². The summed E-state index contributed by atoms with van der Waals surface area (Å²) in [6.07, 6.45) is 0. The van der Waals surface area contributed by atoms with Crippen molar-refractivity contribution in [2.24, 2.45) is 0 Å². The zero-order valence-electron chi connectivity index (χ0n) is 16.1. The molecule has 1 aliphatic heterocycles. The number of aryl methyl sites for hydroxylation is 1. The van der Waals surface area contributed by atoms with E-state index < -0.39 is 11.8 Å². The molecule has 0 N–H and O–H groups in total. The standard InChI is InChI=1S/C21H20FN3O4/c1-13-11-15(4-6-18(13)25-7-9-28-10-8-25)20-23-19(24-29-20)14-3-5-16(17(22)12-14)21(26)27-2/h3-6,11-12H,7-10H2,1-2H3. The first-order valence-electron chi connectivity index (χ1n) is 9.22. The van der Waals surface area contributed by atoms with Crippen molar-refractivity contribution in [1.82, 2.24) is 10.1 Å². The highest BCUT2D eigenvalue weighted by Gasteiger charge is 2.18. The van der Waals surface area contributed by atoms with Crippen molar-refractivity contribution in [2.45, 2.75) is 6.92 Å². The number of nitrogens with zero attached hydrogens (tertiary/aromatic N) is 3. The van der Waals surface area contributed by atoms with Crippen molar-refractivity contribution in [3.63, 3.8) is 0 Å². The third-order valence-corrected chi connectivity index (χ3v) is 4.85. The first kappa shape index (κ1) is 19.1. The number of esters is 1. The van der Waals surface area contributed by atoms with Crippen LogP contribution in [-0.2, 0) is 9.47 Å². The molecule has 0 unspecified atom stereocenters. The Bertz CT molecular complexity index is 1040. The fourth-order valence-electron chi connectivity index (χ4n) is 3.34. The van der Waals surface area contributed by atoms with Gasteiger partial charge in [-0.2, -0.15) is 4.98 Å². The van der Waals surface area contributed by atoms with E-state index in [4.69, 9.17) is 9.26 Å². The molecule has 0 radical (unpaired) electrons. The molecule has 0 spiro atoms. The van der Waals surface area contributed by atoms with Gasteiger partial charge in [-0.15, -0.1) is 0 Å². The molecule has 29 heavy (non-hydrogen) atoms. The van der Waals surface area contributed by atoms with Gasteiger partial charge in [0.05, 0.1) is 25.9 Å². The van der Waals surface area contributed by atoms with Crippen molar-refractivity contribution in [3.8, 4) is 22.8 Å². The van der Waals surface area contributed by atoms with Gasteiger partial charge in [0, 0.05) is 29.9 Å². The number of carbonyl (C=O) groups excluding carboxylic acids is 1. The summed E-state index contributed by atoms with van der Waals surface area (Å²) in [6.45, 7) is 5.20. The number of hydrogen-bond acceptors (Lipinski definition) is 7. The Labute approximate surface area is 167 Å². The molecule has 150 valence electrons. The van der Waals surface area contributed by atoms with E-state index in [1.807, 2.05) is 25.1 Å². The number of carbonyl (C=O) groups is 1. The summed E-state index contributed by atoms with van der Waals surface area (Å²) in [5, 5.41) is 3.94. The Kier molecular flexibility index (Phi) is 5.26. The number of hydrogen-bond donors (Lipinski definition) is 0.